The van der Waals surface area contributed by atoms with Gasteiger partial charge in [0.15, 0.2) is 0 Å². The Morgan fingerprint density at radius 2 is 1.02 bits per heavy atom. The lowest BCUT2D eigenvalue weighted by atomic mass is 10.2. The average Bonchev–Trinajstić information content (AvgIpc) is 3.75. The monoisotopic (exact) mass is 613 g/mol. The summed E-state index contributed by atoms with van der Waals surface area (Å²) in [7, 11) is 9.67. The van der Waals surface area contributed by atoms with Crippen LogP contribution < -0.4 is 14.5 Å². The van der Waals surface area contributed by atoms with Gasteiger partial charge in [-0.25, -0.2) is 14.3 Å². The minimum absolute atomic E-state index is 0.344. The highest BCUT2D eigenvalue weighted by Gasteiger charge is 2.15. The zero-order valence-corrected chi connectivity index (χ0v) is 26.3. The molecule has 0 saturated carbocycles. The highest BCUT2D eigenvalue weighted by atomic mass is 16.6. The summed E-state index contributed by atoms with van der Waals surface area (Å²) in [6, 6.07) is 19.8. The number of hydrogen-bond donors (Lipinski definition) is 0. The lowest BCUT2D eigenvalue weighted by Crippen LogP contribution is -2.12. The van der Waals surface area contributed by atoms with Crippen molar-refractivity contribution in [3.05, 3.63) is 73.1 Å². The second-order valence-electron chi connectivity index (χ2n) is 10.6. The first-order valence-corrected chi connectivity index (χ1v) is 14.6. The van der Waals surface area contributed by atoms with E-state index in [0.29, 0.717) is 68.2 Å². The largest absolute Gasteiger partial charge is 0.491 e. The van der Waals surface area contributed by atoms with Crippen LogP contribution in [0.4, 0.5) is 11.4 Å². The van der Waals surface area contributed by atoms with Crippen molar-refractivity contribution in [2.75, 3.05) is 84.7 Å². The van der Waals surface area contributed by atoms with E-state index in [-0.39, 0.29) is 0 Å². The van der Waals surface area contributed by atoms with Gasteiger partial charge in [0.2, 0.25) is 0 Å². The molecule has 0 aliphatic heterocycles. The predicted octanol–water partition coefficient (Wildman–Crippen LogP) is 3.77. The van der Waals surface area contributed by atoms with Crippen molar-refractivity contribution >= 4 is 11.4 Å². The highest BCUT2D eigenvalue weighted by Crippen LogP contribution is 2.28. The molecule has 13 nitrogen and oxygen atoms in total. The molecule has 2 aromatic carbocycles. The lowest BCUT2D eigenvalue weighted by molar-refractivity contribution is 0.0180. The number of rotatable bonds is 16. The molecule has 0 N–H and O–H groups in total. The SMILES string of the molecule is COCCOCCOCCOc1cc(-c2cn(-c3ccc(N(C)C)cc3)nn2)nc(-c2cn(-c3ccc(N(C)C)cc3)nn2)c1. The fourth-order valence-corrected chi connectivity index (χ4v) is 4.36. The van der Waals surface area contributed by atoms with E-state index in [4.69, 9.17) is 23.9 Å². The zero-order valence-electron chi connectivity index (χ0n) is 26.3. The Morgan fingerprint density at radius 1 is 0.578 bits per heavy atom. The van der Waals surface area contributed by atoms with Crippen molar-refractivity contribution in [1.29, 1.82) is 0 Å². The van der Waals surface area contributed by atoms with Crippen molar-refractivity contribution in [3.63, 3.8) is 0 Å². The van der Waals surface area contributed by atoms with Crippen LogP contribution in [0.1, 0.15) is 0 Å². The highest BCUT2D eigenvalue weighted by molar-refractivity contribution is 5.64. The number of methoxy groups -OCH3 is 1. The van der Waals surface area contributed by atoms with Crippen molar-refractivity contribution in [2.24, 2.45) is 0 Å². The molecule has 0 saturated heterocycles. The molecule has 5 aromatic rings. The van der Waals surface area contributed by atoms with Crippen molar-refractivity contribution < 1.29 is 18.9 Å². The summed E-state index contributed by atoms with van der Waals surface area (Å²) in [6.07, 6.45) is 3.69. The smallest absolute Gasteiger partial charge is 0.132 e. The van der Waals surface area contributed by atoms with Crippen LogP contribution in [-0.4, -0.2) is 110 Å². The molecule has 5 rings (SSSR count). The van der Waals surface area contributed by atoms with Crippen LogP contribution in [0.25, 0.3) is 34.2 Å². The first-order chi connectivity index (χ1) is 21.9. The number of anilines is 2. The molecule has 0 unspecified atom stereocenters. The predicted molar refractivity (Wildman–Crippen MR) is 173 cm³/mol. The van der Waals surface area contributed by atoms with Crippen LogP contribution in [0.15, 0.2) is 73.1 Å². The zero-order chi connectivity index (χ0) is 31.6. The second kappa shape index (κ2) is 15.2. The maximum atomic E-state index is 6.08. The summed E-state index contributed by atoms with van der Waals surface area (Å²) < 4.78 is 25.6. The van der Waals surface area contributed by atoms with Crippen molar-refractivity contribution in [1.82, 2.24) is 35.0 Å². The molecule has 0 aliphatic rings. The van der Waals surface area contributed by atoms with Crippen LogP contribution in [-0.2, 0) is 14.2 Å². The molecule has 0 bridgehead atoms. The first-order valence-electron chi connectivity index (χ1n) is 14.6. The minimum Gasteiger partial charge on any atom is -0.491 e. The number of nitrogens with zero attached hydrogens (tertiary/aromatic N) is 9. The number of ether oxygens (including phenoxy) is 4. The Bertz CT molecular complexity index is 1530. The average molecular weight is 614 g/mol. The molecule has 0 radical (unpaired) electrons. The summed E-state index contributed by atoms with van der Waals surface area (Å²) in [4.78, 5) is 8.96. The van der Waals surface area contributed by atoms with E-state index < -0.39 is 0 Å². The fourth-order valence-electron chi connectivity index (χ4n) is 4.36. The molecule has 0 amide bonds. The summed E-state index contributed by atoms with van der Waals surface area (Å²) in [5, 5.41) is 17.5. The third kappa shape index (κ3) is 8.41. The van der Waals surface area contributed by atoms with E-state index in [9.17, 15) is 0 Å². The Morgan fingerprint density at radius 3 is 1.47 bits per heavy atom. The maximum Gasteiger partial charge on any atom is 0.132 e. The lowest BCUT2D eigenvalue weighted by Gasteiger charge is -2.12. The summed E-state index contributed by atoms with van der Waals surface area (Å²) in [5.41, 5.74) is 6.34. The Kier molecular flexibility index (Phi) is 10.7. The van der Waals surface area contributed by atoms with E-state index in [2.05, 4.69) is 20.6 Å². The second-order valence-corrected chi connectivity index (χ2v) is 10.6. The third-order valence-electron chi connectivity index (χ3n) is 6.87. The molecule has 13 heteroatoms. The third-order valence-corrected chi connectivity index (χ3v) is 6.87. The van der Waals surface area contributed by atoms with Crippen molar-refractivity contribution in [2.45, 2.75) is 0 Å². The number of pyridine rings is 1. The molecule has 236 valence electrons. The molecule has 3 heterocycles. The van der Waals surface area contributed by atoms with Gasteiger partial charge in [0.25, 0.3) is 0 Å². The Hall–Kier alpha value is -4.85. The molecular formula is C32H39N9O4. The van der Waals surface area contributed by atoms with Gasteiger partial charge in [-0.1, -0.05) is 10.4 Å². The van der Waals surface area contributed by atoms with Gasteiger partial charge < -0.3 is 28.7 Å². The van der Waals surface area contributed by atoms with Gasteiger partial charge in [-0.15, -0.1) is 10.2 Å². The summed E-state index contributed by atoms with van der Waals surface area (Å²) in [6.45, 7) is 2.81. The van der Waals surface area contributed by atoms with Crippen LogP contribution in [0.5, 0.6) is 5.75 Å². The van der Waals surface area contributed by atoms with Crippen LogP contribution in [0.2, 0.25) is 0 Å². The van der Waals surface area contributed by atoms with Gasteiger partial charge in [-0.05, 0) is 48.5 Å². The van der Waals surface area contributed by atoms with Crippen LogP contribution in [0.3, 0.4) is 0 Å². The topological polar surface area (TPSA) is 118 Å². The normalized spacial score (nSPS) is 11.1. The summed E-state index contributed by atoms with van der Waals surface area (Å²) in [5.74, 6) is 0.602. The maximum absolute atomic E-state index is 6.08. The van der Waals surface area contributed by atoms with Gasteiger partial charge in [-0.3, -0.25) is 0 Å². The standard InChI is InChI=1S/C32H39N9O4/c1-38(2)24-6-10-26(11-7-24)40-22-31(34-36-40)29-20-28(45-19-18-44-17-16-43-15-14-42-5)21-30(33-29)32-23-41(37-35-32)27-12-8-25(9-13-27)39(3)4/h6-13,20-23H,14-19H2,1-5H3. The van der Waals surface area contributed by atoms with E-state index in [1.807, 2.05) is 111 Å². The van der Waals surface area contributed by atoms with E-state index >= 15 is 0 Å². The van der Waals surface area contributed by atoms with Gasteiger partial charge in [0, 0.05) is 58.8 Å². The molecule has 45 heavy (non-hydrogen) atoms. The Labute approximate surface area is 262 Å². The van der Waals surface area contributed by atoms with Gasteiger partial charge >= 0.3 is 0 Å². The van der Waals surface area contributed by atoms with E-state index in [0.717, 1.165) is 22.7 Å². The Balaban J connectivity index is 1.35. The molecule has 0 fully saturated rings. The van der Waals surface area contributed by atoms with Gasteiger partial charge in [-0.2, -0.15) is 0 Å². The summed E-state index contributed by atoms with van der Waals surface area (Å²) >= 11 is 0. The quantitative estimate of drug-likeness (QED) is 0.151. The number of hydrogen-bond acceptors (Lipinski definition) is 11. The minimum atomic E-state index is 0.344. The fraction of sp³-hybridized carbons (Fsp3) is 0.344. The molecule has 3 aromatic heterocycles. The molecule has 0 aliphatic carbocycles. The van der Waals surface area contributed by atoms with Crippen molar-refractivity contribution in [3.8, 4) is 39.9 Å². The van der Waals surface area contributed by atoms with E-state index in [1.165, 1.54) is 0 Å². The van der Waals surface area contributed by atoms with Crippen LogP contribution >= 0.6 is 0 Å². The van der Waals surface area contributed by atoms with Gasteiger partial charge in [0.1, 0.15) is 23.7 Å². The number of benzene rings is 2. The number of aromatic nitrogens is 7. The molecule has 0 spiro atoms. The first kappa shape index (κ1) is 31.6. The van der Waals surface area contributed by atoms with Crippen LogP contribution in [0, 0.1) is 0 Å². The van der Waals surface area contributed by atoms with E-state index in [1.54, 1.807) is 16.5 Å². The van der Waals surface area contributed by atoms with Gasteiger partial charge in [0.05, 0.1) is 68.2 Å². The molecule has 0 atom stereocenters. The molecular weight excluding hydrogens is 574 g/mol.